The Balaban J connectivity index is 1.58. The predicted molar refractivity (Wildman–Crippen MR) is 111 cm³/mol. The highest BCUT2D eigenvalue weighted by atomic mass is 16.1. The van der Waals surface area contributed by atoms with Gasteiger partial charge < -0.3 is 10.6 Å². The summed E-state index contributed by atoms with van der Waals surface area (Å²) < 4.78 is 0. The maximum absolute atomic E-state index is 12.6. The number of nitrogens with zero attached hydrogens (tertiary/aromatic N) is 3. The third kappa shape index (κ3) is 3.81. The second kappa shape index (κ2) is 7.44. The number of anilines is 3. The van der Waals surface area contributed by atoms with Gasteiger partial charge in [-0.2, -0.15) is 0 Å². The first kappa shape index (κ1) is 17.6. The smallest absolute Gasteiger partial charge is 0.274 e. The van der Waals surface area contributed by atoms with Crippen molar-refractivity contribution in [1.82, 2.24) is 15.0 Å². The molecular weight excluding hydrogens is 350 g/mol. The van der Waals surface area contributed by atoms with Gasteiger partial charge >= 0.3 is 0 Å². The monoisotopic (exact) mass is 369 g/mol. The van der Waals surface area contributed by atoms with Crippen molar-refractivity contribution < 1.29 is 4.79 Å². The van der Waals surface area contributed by atoms with E-state index in [-0.39, 0.29) is 11.6 Å². The van der Waals surface area contributed by atoms with Crippen LogP contribution in [0.1, 0.15) is 21.6 Å². The average molecular weight is 369 g/mol. The zero-order valence-corrected chi connectivity index (χ0v) is 15.6. The van der Waals surface area contributed by atoms with E-state index in [2.05, 4.69) is 31.7 Å². The number of aromatic nitrogens is 3. The molecule has 138 valence electrons. The summed E-state index contributed by atoms with van der Waals surface area (Å²) in [5.41, 5.74) is 4.86. The number of amides is 1. The van der Waals surface area contributed by atoms with Crippen molar-refractivity contribution in [2.24, 2.45) is 0 Å². The van der Waals surface area contributed by atoms with Gasteiger partial charge in [0.2, 0.25) is 0 Å². The lowest BCUT2D eigenvalue weighted by atomic mass is 10.1. The van der Waals surface area contributed by atoms with E-state index in [1.807, 2.05) is 56.3 Å². The van der Waals surface area contributed by atoms with E-state index in [0.717, 1.165) is 33.4 Å². The number of nitrogens with one attached hydrogen (secondary N) is 2. The maximum Gasteiger partial charge on any atom is 0.274 e. The Bertz CT molecular complexity index is 1150. The number of hydrogen-bond donors (Lipinski definition) is 2. The molecule has 2 N–H and O–H groups in total. The van der Waals surface area contributed by atoms with Gasteiger partial charge in [0.1, 0.15) is 17.8 Å². The van der Waals surface area contributed by atoms with E-state index in [1.54, 1.807) is 12.3 Å². The van der Waals surface area contributed by atoms with Crippen molar-refractivity contribution in [2.45, 2.75) is 13.8 Å². The molecule has 0 aliphatic carbocycles. The molecular formula is C22H19N5O. The molecule has 4 rings (SSSR count). The summed E-state index contributed by atoms with van der Waals surface area (Å²) in [4.78, 5) is 25.4. The Labute approximate surface area is 162 Å². The minimum Gasteiger partial charge on any atom is -0.338 e. The van der Waals surface area contributed by atoms with Crippen LogP contribution in [-0.4, -0.2) is 20.9 Å². The molecule has 6 nitrogen and oxygen atoms in total. The fraction of sp³-hybridized carbons (Fsp3) is 0.0909. The first-order chi connectivity index (χ1) is 13.6. The summed E-state index contributed by atoms with van der Waals surface area (Å²) in [6.45, 7) is 3.99. The van der Waals surface area contributed by atoms with Gasteiger partial charge in [-0.15, -0.1) is 0 Å². The fourth-order valence-corrected chi connectivity index (χ4v) is 3.13. The molecule has 6 heteroatoms. The first-order valence-corrected chi connectivity index (χ1v) is 8.91. The van der Waals surface area contributed by atoms with Crippen molar-refractivity contribution in [3.63, 3.8) is 0 Å². The summed E-state index contributed by atoms with van der Waals surface area (Å²) in [7, 11) is 0. The summed E-state index contributed by atoms with van der Waals surface area (Å²) >= 11 is 0. The standard InChI is InChI=1S/C22H19N5O/c1-14-9-15(2)11-17(10-14)26-22(28)19-12-20(25-13-24-19)27-18-7-3-5-16-6-4-8-23-21(16)18/h3-13H,1-2H3,(H,26,28)(H,24,25,27). The molecule has 2 heterocycles. The molecule has 0 fully saturated rings. The van der Waals surface area contributed by atoms with Gasteiger partial charge in [-0.05, 0) is 49.2 Å². The second-order valence-electron chi connectivity index (χ2n) is 6.62. The highest BCUT2D eigenvalue weighted by molar-refractivity contribution is 6.03. The molecule has 0 unspecified atom stereocenters. The number of para-hydroxylation sites is 1. The molecule has 0 saturated heterocycles. The van der Waals surface area contributed by atoms with Crippen LogP contribution in [0.4, 0.5) is 17.2 Å². The van der Waals surface area contributed by atoms with Crippen LogP contribution >= 0.6 is 0 Å². The molecule has 0 atom stereocenters. The van der Waals surface area contributed by atoms with E-state index in [0.29, 0.717) is 5.82 Å². The van der Waals surface area contributed by atoms with Crippen molar-refractivity contribution in [3.05, 3.63) is 83.9 Å². The minimum atomic E-state index is -0.286. The number of pyridine rings is 1. The SMILES string of the molecule is Cc1cc(C)cc(NC(=O)c2cc(Nc3cccc4cccnc34)ncn2)c1. The maximum atomic E-state index is 12.6. The highest BCUT2D eigenvalue weighted by Gasteiger charge is 2.11. The van der Waals surface area contributed by atoms with Gasteiger partial charge in [0.25, 0.3) is 5.91 Å². The van der Waals surface area contributed by atoms with Crippen LogP contribution in [0, 0.1) is 13.8 Å². The molecule has 4 aromatic rings. The van der Waals surface area contributed by atoms with E-state index >= 15 is 0 Å². The van der Waals surface area contributed by atoms with Crippen molar-refractivity contribution in [2.75, 3.05) is 10.6 Å². The van der Waals surface area contributed by atoms with Gasteiger partial charge in [-0.3, -0.25) is 9.78 Å². The number of rotatable bonds is 4. The Kier molecular flexibility index (Phi) is 4.68. The Morgan fingerprint density at radius 3 is 2.50 bits per heavy atom. The largest absolute Gasteiger partial charge is 0.338 e. The molecule has 28 heavy (non-hydrogen) atoms. The van der Waals surface area contributed by atoms with Gasteiger partial charge in [-0.25, -0.2) is 9.97 Å². The highest BCUT2D eigenvalue weighted by Crippen LogP contribution is 2.24. The van der Waals surface area contributed by atoms with E-state index in [1.165, 1.54) is 6.33 Å². The summed E-state index contributed by atoms with van der Waals surface area (Å²) in [5, 5.41) is 7.14. The number of hydrogen-bond acceptors (Lipinski definition) is 5. The van der Waals surface area contributed by atoms with Crippen molar-refractivity contribution in [3.8, 4) is 0 Å². The molecule has 2 aromatic carbocycles. The Morgan fingerprint density at radius 1 is 0.893 bits per heavy atom. The van der Waals surface area contributed by atoms with E-state index < -0.39 is 0 Å². The third-order valence-electron chi connectivity index (χ3n) is 4.27. The van der Waals surface area contributed by atoms with Crippen LogP contribution in [0.2, 0.25) is 0 Å². The molecule has 0 aliphatic heterocycles. The average Bonchev–Trinajstić information content (AvgIpc) is 2.68. The van der Waals surface area contributed by atoms with Gasteiger partial charge in [0.05, 0.1) is 11.2 Å². The van der Waals surface area contributed by atoms with Crippen LogP contribution in [0.25, 0.3) is 10.9 Å². The zero-order valence-electron chi connectivity index (χ0n) is 15.6. The molecule has 2 aromatic heterocycles. The molecule has 1 amide bonds. The lowest BCUT2D eigenvalue weighted by molar-refractivity contribution is 0.102. The molecule has 0 radical (unpaired) electrons. The second-order valence-corrected chi connectivity index (χ2v) is 6.62. The normalized spacial score (nSPS) is 10.6. The number of carbonyl (C=O) groups is 1. The van der Waals surface area contributed by atoms with Gasteiger partial charge in [0, 0.05) is 23.3 Å². The van der Waals surface area contributed by atoms with Gasteiger partial charge in [0.15, 0.2) is 0 Å². The summed E-state index contributed by atoms with van der Waals surface area (Å²) in [6.07, 6.45) is 3.12. The third-order valence-corrected chi connectivity index (χ3v) is 4.27. The first-order valence-electron chi connectivity index (χ1n) is 8.91. The van der Waals surface area contributed by atoms with Crippen LogP contribution < -0.4 is 10.6 Å². The molecule has 0 saturated carbocycles. The predicted octanol–water partition coefficient (Wildman–Crippen LogP) is 4.64. The molecule has 0 bridgehead atoms. The van der Waals surface area contributed by atoms with Crippen LogP contribution in [0.5, 0.6) is 0 Å². The zero-order chi connectivity index (χ0) is 19.5. The summed E-state index contributed by atoms with van der Waals surface area (Å²) in [6, 6.07) is 17.3. The molecule has 0 aliphatic rings. The summed E-state index contributed by atoms with van der Waals surface area (Å²) in [5.74, 6) is 0.241. The van der Waals surface area contributed by atoms with E-state index in [9.17, 15) is 4.79 Å². The Morgan fingerprint density at radius 2 is 1.68 bits per heavy atom. The van der Waals surface area contributed by atoms with E-state index in [4.69, 9.17) is 0 Å². The van der Waals surface area contributed by atoms with Crippen LogP contribution in [0.15, 0.2) is 67.1 Å². The van der Waals surface area contributed by atoms with Crippen molar-refractivity contribution >= 4 is 34.0 Å². The number of aryl methyl sites for hydroxylation is 2. The quantitative estimate of drug-likeness (QED) is 0.548. The lowest BCUT2D eigenvalue weighted by Crippen LogP contribution is -2.14. The number of fused-ring (bicyclic) bond motifs is 1. The number of carbonyl (C=O) groups excluding carboxylic acids is 1. The van der Waals surface area contributed by atoms with Gasteiger partial charge in [-0.1, -0.05) is 24.3 Å². The fourth-order valence-electron chi connectivity index (χ4n) is 3.13. The minimum absolute atomic E-state index is 0.282. The Hall–Kier alpha value is -3.80. The number of benzene rings is 2. The molecule has 0 spiro atoms. The van der Waals surface area contributed by atoms with Crippen LogP contribution in [-0.2, 0) is 0 Å². The van der Waals surface area contributed by atoms with Crippen LogP contribution in [0.3, 0.4) is 0 Å². The topological polar surface area (TPSA) is 79.8 Å². The van der Waals surface area contributed by atoms with Crippen molar-refractivity contribution in [1.29, 1.82) is 0 Å². The lowest BCUT2D eigenvalue weighted by Gasteiger charge is -2.10.